The van der Waals surface area contributed by atoms with Gasteiger partial charge in [0, 0.05) is 11.8 Å². The molecule has 0 atom stereocenters. The molecule has 0 unspecified atom stereocenters. The van der Waals surface area contributed by atoms with Crippen LogP contribution in [0.1, 0.15) is 5.56 Å². The van der Waals surface area contributed by atoms with Gasteiger partial charge in [-0.15, -0.1) is 0 Å². The van der Waals surface area contributed by atoms with Crippen molar-refractivity contribution in [3.05, 3.63) is 59.7 Å². The summed E-state index contributed by atoms with van der Waals surface area (Å²) in [6, 6.07) is 9.84. The van der Waals surface area contributed by atoms with E-state index in [1.54, 1.807) is 24.3 Å². The number of benzene rings is 2. The Kier molecular flexibility index (Phi) is 3.75. The molecule has 0 heterocycles. The Balaban J connectivity index is 2.30. The van der Waals surface area contributed by atoms with Gasteiger partial charge in [0.25, 0.3) is 0 Å². The van der Waals surface area contributed by atoms with Crippen LogP contribution in [-0.2, 0) is 11.2 Å². The van der Waals surface area contributed by atoms with E-state index in [0.29, 0.717) is 11.3 Å². The molecular weight excluding hydrogens is 252 g/mol. The van der Waals surface area contributed by atoms with Crippen LogP contribution in [0, 0.1) is 11.6 Å². The number of rotatable bonds is 4. The van der Waals surface area contributed by atoms with E-state index in [9.17, 15) is 13.6 Å². The maximum Gasteiger partial charge on any atom is 0.307 e. The summed E-state index contributed by atoms with van der Waals surface area (Å²) in [5.74, 6) is -2.37. The minimum Gasteiger partial charge on any atom is -0.481 e. The Morgan fingerprint density at radius 1 is 1.11 bits per heavy atom. The molecule has 0 aliphatic carbocycles. The number of carboxylic acid groups (broad SMARTS) is 1. The molecule has 2 aromatic carbocycles. The fourth-order valence-corrected chi connectivity index (χ4v) is 1.70. The summed E-state index contributed by atoms with van der Waals surface area (Å²) in [5, 5.41) is 11.6. The van der Waals surface area contributed by atoms with Gasteiger partial charge in [-0.3, -0.25) is 4.79 Å². The van der Waals surface area contributed by atoms with E-state index in [2.05, 4.69) is 5.32 Å². The fourth-order valence-electron chi connectivity index (χ4n) is 1.70. The number of carboxylic acids is 1. The molecule has 0 radical (unpaired) electrons. The normalized spacial score (nSPS) is 10.2. The molecular formula is C14H11F2NO2. The molecule has 0 aromatic heterocycles. The zero-order valence-corrected chi connectivity index (χ0v) is 9.86. The van der Waals surface area contributed by atoms with Crippen LogP contribution in [0.4, 0.5) is 20.2 Å². The van der Waals surface area contributed by atoms with Gasteiger partial charge in [-0.1, -0.05) is 18.2 Å². The Hall–Kier alpha value is -2.43. The number of anilines is 2. The van der Waals surface area contributed by atoms with Crippen molar-refractivity contribution in [1.82, 2.24) is 0 Å². The van der Waals surface area contributed by atoms with Gasteiger partial charge in [-0.25, -0.2) is 8.78 Å². The van der Waals surface area contributed by atoms with E-state index < -0.39 is 17.6 Å². The Morgan fingerprint density at radius 2 is 1.84 bits per heavy atom. The second kappa shape index (κ2) is 5.48. The van der Waals surface area contributed by atoms with Crippen LogP contribution in [0.15, 0.2) is 42.5 Å². The first-order valence-corrected chi connectivity index (χ1v) is 5.58. The lowest BCUT2D eigenvalue weighted by atomic mass is 10.1. The number of hydrogen-bond acceptors (Lipinski definition) is 2. The quantitative estimate of drug-likeness (QED) is 0.889. The van der Waals surface area contributed by atoms with E-state index >= 15 is 0 Å². The third-order valence-electron chi connectivity index (χ3n) is 2.56. The van der Waals surface area contributed by atoms with Gasteiger partial charge in [-0.2, -0.15) is 0 Å². The van der Waals surface area contributed by atoms with Crippen LogP contribution in [0.2, 0.25) is 0 Å². The number of halogens is 2. The van der Waals surface area contributed by atoms with Crippen molar-refractivity contribution in [3.63, 3.8) is 0 Å². The van der Waals surface area contributed by atoms with Crippen molar-refractivity contribution in [2.24, 2.45) is 0 Å². The number of nitrogens with one attached hydrogen (secondary N) is 1. The van der Waals surface area contributed by atoms with Crippen LogP contribution >= 0.6 is 0 Å². The number of hydrogen-bond donors (Lipinski definition) is 2. The van der Waals surface area contributed by atoms with Gasteiger partial charge in [0.2, 0.25) is 0 Å². The topological polar surface area (TPSA) is 49.3 Å². The van der Waals surface area contributed by atoms with Gasteiger partial charge in [-0.05, 0) is 23.8 Å². The smallest absolute Gasteiger partial charge is 0.307 e. The average Bonchev–Trinajstić information content (AvgIpc) is 2.34. The van der Waals surface area contributed by atoms with E-state index in [-0.39, 0.29) is 12.1 Å². The molecule has 2 rings (SSSR count). The van der Waals surface area contributed by atoms with Crippen molar-refractivity contribution in [2.75, 3.05) is 5.32 Å². The molecule has 0 amide bonds. The highest BCUT2D eigenvalue weighted by Gasteiger charge is 2.09. The standard InChI is InChI=1S/C14H11F2NO2/c15-10-5-6-13(11(16)8-10)17-12-4-2-1-3-9(12)7-14(18)19/h1-6,8,17H,7H2,(H,18,19). The van der Waals surface area contributed by atoms with Crippen LogP contribution in [0.25, 0.3) is 0 Å². The van der Waals surface area contributed by atoms with Gasteiger partial charge >= 0.3 is 5.97 Å². The Bertz CT molecular complexity index is 614. The summed E-state index contributed by atoms with van der Waals surface area (Å²) in [7, 11) is 0. The summed E-state index contributed by atoms with van der Waals surface area (Å²) in [6.45, 7) is 0. The summed E-state index contributed by atoms with van der Waals surface area (Å²) in [5.41, 5.74) is 1.10. The Labute approximate surface area is 108 Å². The lowest BCUT2D eigenvalue weighted by Gasteiger charge is -2.11. The van der Waals surface area contributed by atoms with Crippen LogP contribution in [0.5, 0.6) is 0 Å². The summed E-state index contributed by atoms with van der Waals surface area (Å²) in [4.78, 5) is 10.7. The van der Waals surface area contributed by atoms with Gasteiger partial charge in [0.05, 0.1) is 12.1 Å². The molecule has 0 spiro atoms. The third-order valence-corrected chi connectivity index (χ3v) is 2.56. The van der Waals surface area contributed by atoms with Crippen LogP contribution < -0.4 is 5.32 Å². The molecule has 0 aliphatic rings. The molecule has 0 bridgehead atoms. The highest BCUT2D eigenvalue weighted by atomic mass is 19.1. The summed E-state index contributed by atoms with van der Waals surface area (Å²) in [6.07, 6.45) is -0.175. The maximum absolute atomic E-state index is 13.5. The predicted octanol–water partition coefficient (Wildman–Crippen LogP) is 3.34. The molecule has 0 aliphatic heterocycles. The number of aliphatic carboxylic acids is 1. The molecule has 2 aromatic rings. The number of para-hydroxylation sites is 1. The molecule has 0 fully saturated rings. The molecule has 0 saturated heterocycles. The molecule has 3 nitrogen and oxygen atoms in total. The molecule has 2 N–H and O–H groups in total. The predicted molar refractivity (Wildman–Crippen MR) is 67.4 cm³/mol. The first-order chi connectivity index (χ1) is 9.06. The molecule has 5 heteroatoms. The second-order valence-electron chi connectivity index (χ2n) is 3.98. The van der Waals surface area contributed by atoms with Gasteiger partial charge < -0.3 is 10.4 Å². The van der Waals surface area contributed by atoms with E-state index in [1.165, 1.54) is 6.07 Å². The van der Waals surface area contributed by atoms with Crippen molar-refractivity contribution in [1.29, 1.82) is 0 Å². The third kappa shape index (κ3) is 3.28. The maximum atomic E-state index is 13.5. The highest BCUT2D eigenvalue weighted by molar-refractivity contribution is 5.75. The van der Waals surface area contributed by atoms with Gasteiger partial charge in [0.15, 0.2) is 0 Å². The molecule has 98 valence electrons. The van der Waals surface area contributed by atoms with Crippen molar-refractivity contribution in [2.45, 2.75) is 6.42 Å². The Morgan fingerprint density at radius 3 is 2.53 bits per heavy atom. The van der Waals surface area contributed by atoms with Crippen molar-refractivity contribution < 1.29 is 18.7 Å². The number of carbonyl (C=O) groups is 1. The largest absolute Gasteiger partial charge is 0.481 e. The molecule has 0 saturated carbocycles. The zero-order valence-electron chi connectivity index (χ0n) is 9.86. The minimum atomic E-state index is -0.978. The van der Waals surface area contributed by atoms with E-state index in [0.717, 1.165) is 12.1 Å². The van der Waals surface area contributed by atoms with Crippen molar-refractivity contribution >= 4 is 17.3 Å². The summed E-state index contributed by atoms with van der Waals surface area (Å²) < 4.78 is 26.3. The first-order valence-electron chi connectivity index (χ1n) is 5.58. The second-order valence-corrected chi connectivity index (χ2v) is 3.98. The van der Waals surface area contributed by atoms with Crippen molar-refractivity contribution in [3.8, 4) is 0 Å². The lowest BCUT2D eigenvalue weighted by Crippen LogP contribution is -2.04. The SMILES string of the molecule is O=C(O)Cc1ccccc1Nc1ccc(F)cc1F. The first kappa shape index (κ1) is 13.0. The monoisotopic (exact) mass is 263 g/mol. The minimum absolute atomic E-state index is 0.0965. The zero-order chi connectivity index (χ0) is 13.8. The van der Waals surface area contributed by atoms with E-state index in [4.69, 9.17) is 5.11 Å². The average molecular weight is 263 g/mol. The lowest BCUT2D eigenvalue weighted by molar-refractivity contribution is -0.136. The van der Waals surface area contributed by atoms with Crippen LogP contribution in [0.3, 0.4) is 0 Å². The molecule has 19 heavy (non-hydrogen) atoms. The van der Waals surface area contributed by atoms with Gasteiger partial charge in [0.1, 0.15) is 11.6 Å². The van der Waals surface area contributed by atoms with E-state index in [1.807, 2.05) is 0 Å². The van der Waals surface area contributed by atoms with Crippen LogP contribution in [-0.4, -0.2) is 11.1 Å². The highest BCUT2D eigenvalue weighted by Crippen LogP contribution is 2.23. The summed E-state index contributed by atoms with van der Waals surface area (Å²) >= 11 is 0. The fraction of sp³-hybridized carbons (Fsp3) is 0.0714.